The third-order valence-electron chi connectivity index (χ3n) is 2.94. The maximum Gasteiger partial charge on any atom is 0.0489 e. The van der Waals surface area contributed by atoms with Crippen molar-refractivity contribution in [2.45, 2.75) is 32.2 Å². The Labute approximate surface area is 102 Å². The Hall–Kier alpha value is -0.930. The van der Waals surface area contributed by atoms with Crippen molar-refractivity contribution in [3.8, 4) is 0 Å². The number of hydrogen-bond donors (Lipinski definition) is 2. The highest BCUT2D eigenvalue weighted by molar-refractivity contribution is 7.79. The Morgan fingerprint density at radius 2 is 2.12 bits per heavy atom. The Balaban J connectivity index is 2.70. The van der Waals surface area contributed by atoms with E-state index in [2.05, 4.69) is 55.4 Å². The van der Waals surface area contributed by atoms with E-state index in [-0.39, 0.29) is 0 Å². The topological polar surface area (TPSA) is 30.9 Å². The maximum absolute atomic E-state index is 5.68. The van der Waals surface area contributed by atoms with Crippen molar-refractivity contribution in [1.82, 2.24) is 4.57 Å². The fourth-order valence-corrected chi connectivity index (χ4v) is 2.30. The van der Waals surface area contributed by atoms with Gasteiger partial charge in [-0.2, -0.15) is 12.6 Å². The average molecular weight is 234 g/mol. The molecule has 16 heavy (non-hydrogen) atoms. The first kappa shape index (κ1) is 11.6. The van der Waals surface area contributed by atoms with E-state index in [0.29, 0.717) is 12.6 Å². The zero-order valence-corrected chi connectivity index (χ0v) is 10.7. The molecule has 2 aromatic rings. The van der Waals surface area contributed by atoms with Crippen LogP contribution in [-0.2, 0) is 12.3 Å². The second-order valence-corrected chi connectivity index (χ2v) is 4.69. The Kier molecular flexibility index (Phi) is 3.26. The SMILES string of the molecule is CC(C)n1cc(CS)c2ccc(CN)cc21. The van der Waals surface area contributed by atoms with Gasteiger partial charge in [-0.15, -0.1) is 0 Å². The number of aromatic nitrogens is 1. The van der Waals surface area contributed by atoms with E-state index in [1.54, 1.807) is 0 Å². The fraction of sp³-hybridized carbons (Fsp3) is 0.385. The van der Waals surface area contributed by atoms with E-state index < -0.39 is 0 Å². The van der Waals surface area contributed by atoms with Gasteiger partial charge >= 0.3 is 0 Å². The highest BCUT2D eigenvalue weighted by atomic mass is 32.1. The van der Waals surface area contributed by atoms with Gasteiger partial charge in [0.25, 0.3) is 0 Å². The minimum Gasteiger partial charge on any atom is -0.345 e. The molecule has 2 N–H and O–H groups in total. The second-order valence-electron chi connectivity index (χ2n) is 4.37. The zero-order valence-electron chi connectivity index (χ0n) is 9.77. The Morgan fingerprint density at radius 1 is 1.38 bits per heavy atom. The molecule has 0 atom stereocenters. The van der Waals surface area contributed by atoms with Gasteiger partial charge in [0.15, 0.2) is 0 Å². The van der Waals surface area contributed by atoms with Crippen LogP contribution in [0.1, 0.15) is 31.0 Å². The summed E-state index contributed by atoms with van der Waals surface area (Å²) < 4.78 is 2.29. The van der Waals surface area contributed by atoms with Gasteiger partial charge in [0.1, 0.15) is 0 Å². The van der Waals surface area contributed by atoms with Gasteiger partial charge < -0.3 is 10.3 Å². The van der Waals surface area contributed by atoms with Crippen LogP contribution in [0.3, 0.4) is 0 Å². The minimum absolute atomic E-state index is 0.462. The summed E-state index contributed by atoms with van der Waals surface area (Å²) in [6.07, 6.45) is 2.20. The van der Waals surface area contributed by atoms with Gasteiger partial charge in [0.05, 0.1) is 0 Å². The van der Waals surface area contributed by atoms with Crippen LogP contribution in [0.15, 0.2) is 24.4 Å². The molecular weight excluding hydrogens is 216 g/mol. The first-order chi connectivity index (χ1) is 7.67. The molecule has 2 nitrogen and oxygen atoms in total. The van der Waals surface area contributed by atoms with Gasteiger partial charge in [-0.25, -0.2) is 0 Å². The van der Waals surface area contributed by atoms with Crippen molar-refractivity contribution in [2.24, 2.45) is 5.73 Å². The van der Waals surface area contributed by atoms with Gasteiger partial charge in [-0.1, -0.05) is 12.1 Å². The summed E-state index contributed by atoms with van der Waals surface area (Å²) in [6.45, 7) is 4.98. The first-order valence-corrected chi connectivity index (χ1v) is 6.24. The third-order valence-corrected chi connectivity index (χ3v) is 3.28. The minimum atomic E-state index is 0.462. The van der Waals surface area contributed by atoms with Crippen molar-refractivity contribution in [3.63, 3.8) is 0 Å². The van der Waals surface area contributed by atoms with Crippen LogP contribution in [0, 0.1) is 0 Å². The second kappa shape index (κ2) is 4.52. The molecule has 2 rings (SSSR count). The van der Waals surface area contributed by atoms with E-state index in [9.17, 15) is 0 Å². The van der Waals surface area contributed by atoms with Crippen molar-refractivity contribution in [3.05, 3.63) is 35.5 Å². The van der Waals surface area contributed by atoms with E-state index >= 15 is 0 Å². The summed E-state index contributed by atoms with van der Waals surface area (Å²) in [5.41, 5.74) is 9.41. The maximum atomic E-state index is 5.68. The Morgan fingerprint density at radius 3 is 2.69 bits per heavy atom. The lowest BCUT2D eigenvalue weighted by atomic mass is 10.1. The quantitative estimate of drug-likeness (QED) is 0.786. The summed E-state index contributed by atoms with van der Waals surface area (Å²) in [5, 5.41) is 1.29. The van der Waals surface area contributed by atoms with Gasteiger partial charge in [0, 0.05) is 35.4 Å². The monoisotopic (exact) mass is 234 g/mol. The lowest BCUT2D eigenvalue weighted by Gasteiger charge is -2.09. The summed E-state index contributed by atoms with van der Waals surface area (Å²) in [5.74, 6) is 0.776. The van der Waals surface area contributed by atoms with Crippen LogP contribution >= 0.6 is 12.6 Å². The molecule has 86 valence electrons. The van der Waals surface area contributed by atoms with Crippen LogP contribution in [0.25, 0.3) is 10.9 Å². The summed E-state index contributed by atoms with van der Waals surface area (Å²) in [6, 6.07) is 6.90. The number of thiol groups is 1. The molecule has 0 amide bonds. The molecule has 0 radical (unpaired) electrons. The van der Waals surface area contributed by atoms with Crippen LogP contribution < -0.4 is 5.73 Å². The highest BCUT2D eigenvalue weighted by Crippen LogP contribution is 2.26. The smallest absolute Gasteiger partial charge is 0.0489 e. The Bertz CT molecular complexity index is 500. The summed E-state index contributed by atoms with van der Waals surface area (Å²) in [4.78, 5) is 0. The molecule has 0 saturated heterocycles. The largest absolute Gasteiger partial charge is 0.345 e. The van der Waals surface area contributed by atoms with Crippen molar-refractivity contribution < 1.29 is 0 Å². The zero-order chi connectivity index (χ0) is 11.7. The number of benzene rings is 1. The molecule has 0 aliphatic heterocycles. The average Bonchev–Trinajstić information content (AvgIpc) is 2.66. The lowest BCUT2D eigenvalue weighted by molar-refractivity contribution is 0.621. The lowest BCUT2D eigenvalue weighted by Crippen LogP contribution is -2.00. The molecule has 1 aromatic heterocycles. The number of fused-ring (bicyclic) bond motifs is 1. The number of nitrogens with two attached hydrogens (primary N) is 1. The van der Waals surface area contributed by atoms with Crippen molar-refractivity contribution >= 4 is 23.5 Å². The number of nitrogens with zero attached hydrogens (tertiary/aromatic N) is 1. The summed E-state index contributed by atoms with van der Waals surface area (Å²) in [7, 11) is 0. The molecule has 0 aliphatic rings. The molecule has 3 heteroatoms. The van der Waals surface area contributed by atoms with E-state index in [1.807, 2.05) is 0 Å². The molecular formula is C13H18N2S. The standard InChI is InChI=1S/C13H18N2S/c1-9(2)15-7-11(8-16)12-4-3-10(6-14)5-13(12)15/h3-5,7,9,16H,6,8,14H2,1-2H3. The molecule has 1 heterocycles. The fourth-order valence-electron chi connectivity index (χ4n) is 2.05. The number of hydrogen-bond acceptors (Lipinski definition) is 2. The summed E-state index contributed by atoms with van der Waals surface area (Å²) >= 11 is 4.38. The molecule has 0 saturated carbocycles. The van der Waals surface area contributed by atoms with Crippen molar-refractivity contribution in [1.29, 1.82) is 0 Å². The van der Waals surface area contributed by atoms with Crippen LogP contribution in [0.2, 0.25) is 0 Å². The van der Waals surface area contributed by atoms with E-state index in [1.165, 1.54) is 22.0 Å². The van der Waals surface area contributed by atoms with Crippen LogP contribution in [0.5, 0.6) is 0 Å². The van der Waals surface area contributed by atoms with Crippen LogP contribution in [-0.4, -0.2) is 4.57 Å². The first-order valence-electron chi connectivity index (χ1n) is 5.60. The number of rotatable bonds is 3. The molecule has 0 unspecified atom stereocenters. The predicted molar refractivity (Wildman–Crippen MR) is 72.9 cm³/mol. The molecule has 1 aromatic carbocycles. The van der Waals surface area contributed by atoms with Crippen LogP contribution in [0.4, 0.5) is 0 Å². The van der Waals surface area contributed by atoms with Crippen molar-refractivity contribution in [2.75, 3.05) is 0 Å². The van der Waals surface area contributed by atoms with Gasteiger partial charge in [-0.3, -0.25) is 0 Å². The van der Waals surface area contributed by atoms with E-state index in [4.69, 9.17) is 5.73 Å². The third kappa shape index (κ3) is 1.85. The van der Waals surface area contributed by atoms with E-state index in [0.717, 1.165) is 5.75 Å². The normalized spacial score (nSPS) is 11.6. The molecule has 0 aliphatic carbocycles. The highest BCUT2D eigenvalue weighted by Gasteiger charge is 2.09. The molecule has 0 spiro atoms. The predicted octanol–water partition coefficient (Wildman–Crippen LogP) is 3.11. The molecule has 0 bridgehead atoms. The molecule has 0 fully saturated rings. The van der Waals surface area contributed by atoms with Gasteiger partial charge in [0.2, 0.25) is 0 Å². The van der Waals surface area contributed by atoms with Gasteiger partial charge in [-0.05, 0) is 31.0 Å².